The molecule has 21 aromatic rings. The van der Waals surface area contributed by atoms with Gasteiger partial charge in [-0.15, -0.1) is 0 Å². The maximum absolute atomic E-state index is 10.0. The van der Waals surface area contributed by atoms with Gasteiger partial charge >= 0.3 is 0 Å². The molecule has 0 aliphatic heterocycles. The van der Waals surface area contributed by atoms with Crippen LogP contribution in [0.25, 0.3) is 164 Å². The predicted molar refractivity (Wildman–Crippen MR) is 472 cm³/mol. The monoisotopic (exact) mass is 1400 g/mol. The third-order valence-corrected chi connectivity index (χ3v) is 21.6. The normalized spacial score (nSPS) is 12.5. The van der Waals surface area contributed by atoms with E-state index in [2.05, 4.69) is 194 Å². The number of hydrogen-bond acceptors (Lipinski definition) is 2. The third kappa shape index (κ3) is 11.5. The first kappa shape index (κ1) is 56.9. The molecule has 514 valence electrons. The van der Waals surface area contributed by atoms with Gasteiger partial charge < -0.3 is 9.80 Å². The van der Waals surface area contributed by atoms with Crippen molar-refractivity contribution in [1.29, 1.82) is 0 Å². The van der Waals surface area contributed by atoms with Crippen LogP contribution in [0.2, 0.25) is 0 Å². The Kier molecular flexibility index (Phi) is 14.5. The van der Waals surface area contributed by atoms with Crippen LogP contribution in [-0.2, 0) is 0 Å². The second kappa shape index (κ2) is 28.1. The molecule has 2 nitrogen and oxygen atoms in total. The molecule has 0 atom stereocenters. The molecule has 0 amide bonds. The first-order valence-electron chi connectivity index (χ1n) is 41.3. The molecule has 0 saturated heterocycles. The molecule has 0 N–H and O–H groups in total. The van der Waals surface area contributed by atoms with Gasteiger partial charge in [-0.1, -0.05) is 382 Å². The van der Waals surface area contributed by atoms with Crippen LogP contribution < -0.4 is 9.80 Å². The largest absolute Gasteiger partial charge is 0.310 e. The van der Waals surface area contributed by atoms with Crippen molar-refractivity contribution in [2.24, 2.45) is 0 Å². The van der Waals surface area contributed by atoms with E-state index in [0.717, 1.165) is 164 Å². The predicted octanol–water partition coefficient (Wildman–Crippen LogP) is 30.7. The van der Waals surface area contributed by atoms with Crippen molar-refractivity contribution in [3.63, 3.8) is 0 Å². The molecule has 0 aromatic heterocycles. The molecule has 0 bridgehead atoms. The fourth-order valence-electron chi connectivity index (χ4n) is 16.7. The van der Waals surface area contributed by atoms with E-state index in [1.807, 2.05) is 204 Å². The van der Waals surface area contributed by atoms with Crippen molar-refractivity contribution in [1.82, 2.24) is 0 Å². The van der Waals surface area contributed by atoms with Gasteiger partial charge in [-0.25, -0.2) is 0 Å². The maximum atomic E-state index is 10.0. The number of rotatable bonds is 12. The van der Waals surface area contributed by atoms with E-state index in [0.29, 0.717) is 11.1 Å². The minimum Gasteiger partial charge on any atom is -0.310 e. The Morgan fingerprint density at radius 3 is 0.891 bits per heavy atom. The number of hydrogen-bond donors (Lipinski definition) is 0. The standard InChI is InChI=1S/C56H37N.C52H35N/c1-2-16-40(17-3-1)55-52-26-12-9-23-49(52)50-24-10-13-27-53(50)56(55)41-31-35-44(36-32-41)57(54-37-42-18-5-7-21-47(42)48-22-8-11-25-51(48)54)43-33-29-39(30-34-43)46-28-14-19-38-15-4-6-20-45(38)46;1-3-17-36(18-4-1)42-23-15-16-30-49(42)53(50-35-39-21-7-8-22-41(39)43-24-9-12-27-46(43)50)40-33-31-38(32-34-40)52-48-29-14-11-26-45(48)44-25-10-13-28-47(44)51(52)37-19-5-2-6-20-37/h1-37H;1-35H/i31D,32D,35D,36D;31D,32D,33D,34D. The van der Waals surface area contributed by atoms with Crippen molar-refractivity contribution in [3.05, 3.63) is 437 Å². The van der Waals surface area contributed by atoms with E-state index >= 15 is 0 Å². The SMILES string of the molecule is [2H]c1c([2H])c(N(c2ccc(-c3cccc4ccccc34)cc2)c2cc3ccccc3c3ccccc23)c([2H])c([2H])c1-c1c(-c2ccccc2)c2ccccc2c2ccccc12.[2H]c1c([2H])c(N(c2ccccc2-c2ccccc2)c2cc3ccccc3c3ccccc23)c([2H])c([2H])c1-c1c(-c2ccccc2)c2ccccc2c2ccccc12. The summed E-state index contributed by atoms with van der Waals surface area (Å²) in [7, 11) is 0. The lowest BCUT2D eigenvalue weighted by Gasteiger charge is -2.30. The molecule has 21 aromatic carbocycles. The first-order chi connectivity index (χ1) is 58.0. The van der Waals surface area contributed by atoms with Gasteiger partial charge in [0.1, 0.15) is 0 Å². The zero-order valence-corrected chi connectivity index (χ0v) is 59.8. The van der Waals surface area contributed by atoms with Gasteiger partial charge in [0.05, 0.1) is 28.0 Å². The van der Waals surface area contributed by atoms with Crippen molar-refractivity contribution in [3.8, 4) is 66.8 Å². The molecular formula is C108H72N2. The third-order valence-electron chi connectivity index (χ3n) is 21.6. The lowest BCUT2D eigenvalue weighted by Crippen LogP contribution is -2.12. The smallest absolute Gasteiger partial charge is 0.0645 e. The Morgan fingerprint density at radius 2 is 0.445 bits per heavy atom. The van der Waals surface area contributed by atoms with Crippen LogP contribution in [0.15, 0.2) is 437 Å². The summed E-state index contributed by atoms with van der Waals surface area (Å²) in [5.41, 5.74) is 13.0. The minimum atomic E-state index is -0.123. The fourth-order valence-corrected chi connectivity index (χ4v) is 16.7. The fraction of sp³-hybridized carbons (Fsp3) is 0. The summed E-state index contributed by atoms with van der Waals surface area (Å²) in [5.74, 6) is 0. The molecule has 0 spiro atoms. The summed E-state index contributed by atoms with van der Waals surface area (Å²) in [6.07, 6.45) is 0. The summed E-state index contributed by atoms with van der Waals surface area (Å²) in [4.78, 5) is 3.89. The number of benzene rings is 21. The van der Waals surface area contributed by atoms with Gasteiger partial charge in [0, 0.05) is 33.4 Å². The molecular weight excluding hydrogens is 1330 g/mol. The van der Waals surface area contributed by atoms with Gasteiger partial charge in [-0.3, -0.25) is 0 Å². The Morgan fingerprint density at radius 1 is 0.155 bits per heavy atom. The summed E-state index contributed by atoms with van der Waals surface area (Å²) < 4.78 is 79.9. The maximum Gasteiger partial charge on any atom is 0.0645 e. The van der Waals surface area contributed by atoms with Crippen molar-refractivity contribution in [2.45, 2.75) is 0 Å². The first-order valence-corrected chi connectivity index (χ1v) is 37.3. The summed E-state index contributed by atoms with van der Waals surface area (Å²) in [5, 5.41) is 18.3. The molecule has 2 heteroatoms. The Hall–Kier alpha value is -14.4. The van der Waals surface area contributed by atoms with Gasteiger partial charge in [0.15, 0.2) is 0 Å². The van der Waals surface area contributed by atoms with Gasteiger partial charge in [0.2, 0.25) is 0 Å². The van der Waals surface area contributed by atoms with Gasteiger partial charge in [-0.2, -0.15) is 0 Å². The summed E-state index contributed by atoms with van der Waals surface area (Å²) in [6.45, 7) is 0. The van der Waals surface area contributed by atoms with Crippen LogP contribution in [0.5, 0.6) is 0 Å². The molecule has 21 rings (SSSR count). The number of nitrogens with zero attached hydrogens (tertiary/aromatic N) is 2. The van der Waals surface area contributed by atoms with Gasteiger partial charge in [-0.05, 0) is 202 Å². The van der Waals surface area contributed by atoms with E-state index in [-0.39, 0.29) is 70.8 Å². The number of para-hydroxylation sites is 1. The van der Waals surface area contributed by atoms with Crippen molar-refractivity contribution >= 4 is 131 Å². The highest BCUT2D eigenvalue weighted by molar-refractivity contribution is 6.24. The quantitative estimate of drug-likeness (QED) is 0.113. The van der Waals surface area contributed by atoms with Crippen molar-refractivity contribution in [2.75, 3.05) is 9.80 Å². The van der Waals surface area contributed by atoms with Crippen LogP contribution in [0.3, 0.4) is 0 Å². The molecule has 110 heavy (non-hydrogen) atoms. The van der Waals surface area contributed by atoms with Crippen LogP contribution in [0.1, 0.15) is 11.0 Å². The Balaban J connectivity index is 0.000000152. The van der Waals surface area contributed by atoms with Crippen LogP contribution in [0.4, 0.5) is 34.1 Å². The number of fused-ring (bicyclic) bond motifs is 13. The second-order valence-corrected chi connectivity index (χ2v) is 27.8. The molecule has 0 aliphatic rings. The molecule has 0 aliphatic carbocycles. The van der Waals surface area contributed by atoms with E-state index in [9.17, 15) is 11.0 Å². The Bertz CT molecular complexity index is 7540. The lowest BCUT2D eigenvalue weighted by atomic mass is 9.85. The Labute approximate surface area is 651 Å². The van der Waals surface area contributed by atoms with Crippen molar-refractivity contribution < 1.29 is 11.0 Å². The molecule has 0 fully saturated rings. The topological polar surface area (TPSA) is 6.48 Å². The van der Waals surface area contributed by atoms with Crippen LogP contribution in [0, 0.1) is 0 Å². The summed E-state index contributed by atoms with van der Waals surface area (Å²) >= 11 is 0. The highest BCUT2D eigenvalue weighted by atomic mass is 15.2. The lowest BCUT2D eigenvalue weighted by molar-refractivity contribution is 1.30. The number of anilines is 6. The molecule has 0 saturated carbocycles. The van der Waals surface area contributed by atoms with E-state index in [4.69, 9.17) is 0 Å². The minimum absolute atomic E-state index is 0.101. The highest BCUT2D eigenvalue weighted by Crippen LogP contribution is 2.51. The highest BCUT2D eigenvalue weighted by Gasteiger charge is 2.25. The zero-order chi connectivity index (χ0) is 79.8. The van der Waals surface area contributed by atoms with Gasteiger partial charge in [0.25, 0.3) is 0 Å². The average molecular weight is 1410 g/mol. The average Bonchev–Trinajstić information content (AvgIpc) is 0.720. The molecule has 0 unspecified atom stereocenters. The summed E-state index contributed by atoms with van der Waals surface area (Å²) in [6, 6.07) is 130. The molecule has 0 radical (unpaired) electrons. The second-order valence-electron chi connectivity index (χ2n) is 27.8. The van der Waals surface area contributed by atoms with E-state index in [1.54, 1.807) is 0 Å². The van der Waals surface area contributed by atoms with E-state index in [1.165, 1.54) is 0 Å². The molecule has 0 heterocycles. The van der Waals surface area contributed by atoms with Crippen LogP contribution in [-0.4, -0.2) is 0 Å². The van der Waals surface area contributed by atoms with Crippen LogP contribution >= 0.6 is 0 Å². The zero-order valence-electron chi connectivity index (χ0n) is 67.8. The van der Waals surface area contributed by atoms with E-state index < -0.39 is 0 Å².